The van der Waals surface area contributed by atoms with Crippen molar-refractivity contribution in [1.82, 2.24) is 10.2 Å². The maximum atomic E-state index is 12.2. The molecule has 1 saturated carbocycles. The maximum Gasteiger partial charge on any atom is 0.253 e. The molecule has 1 aliphatic carbocycles. The van der Waals surface area contributed by atoms with Crippen LogP contribution in [-0.2, 0) is 9.53 Å². The maximum absolute atomic E-state index is 12.2. The van der Waals surface area contributed by atoms with Crippen molar-refractivity contribution >= 4 is 18.3 Å². The number of ether oxygens (including phenoxy) is 1. The molecule has 1 N–H and O–H groups in total. The molecular weight excluding hydrogens is 228 g/mol. The van der Waals surface area contributed by atoms with Crippen molar-refractivity contribution < 1.29 is 9.53 Å². The molecule has 1 atom stereocenters. The van der Waals surface area contributed by atoms with E-state index >= 15 is 0 Å². The van der Waals surface area contributed by atoms with E-state index in [-0.39, 0.29) is 30.5 Å². The highest BCUT2D eigenvalue weighted by Gasteiger charge is 2.38. The molecule has 94 valence electrons. The molecule has 1 heterocycles. The summed E-state index contributed by atoms with van der Waals surface area (Å²) in [6, 6.07) is 0.763. The van der Waals surface area contributed by atoms with Gasteiger partial charge in [-0.1, -0.05) is 0 Å². The number of nitrogens with zero attached hydrogens (tertiary/aromatic N) is 1. The molecule has 1 saturated heterocycles. The summed E-state index contributed by atoms with van der Waals surface area (Å²) in [6.07, 6.45) is 2.05. The second-order valence-corrected chi connectivity index (χ2v) is 4.63. The van der Waals surface area contributed by atoms with E-state index in [0.29, 0.717) is 19.2 Å². The first-order valence-electron chi connectivity index (χ1n) is 5.84. The Morgan fingerprint density at radius 3 is 2.56 bits per heavy atom. The molecule has 0 radical (unpaired) electrons. The SMILES string of the molecule is CC(C)N(C(=O)C1CNCCO1)C1CC1.Cl. The molecule has 1 aliphatic heterocycles. The summed E-state index contributed by atoms with van der Waals surface area (Å²) in [5, 5.41) is 3.20. The first-order valence-corrected chi connectivity index (χ1v) is 5.84. The highest BCUT2D eigenvalue weighted by Crippen LogP contribution is 2.29. The lowest BCUT2D eigenvalue weighted by atomic mass is 10.2. The zero-order chi connectivity index (χ0) is 10.8. The van der Waals surface area contributed by atoms with E-state index in [1.54, 1.807) is 0 Å². The molecule has 0 aromatic heterocycles. The van der Waals surface area contributed by atoms with Crippen LogP contribution in [-0.4, -0.2) is 48.7 Å². The highest BCUT2D eigenvalue weighted by molar-refractivity contribution is 5.85. The van der Waals surface area contributed by atoms with Gasteiger partial charge in [0, 0.05) is 25.2 Å². The molecule has 0 bridgehead atoms. The standard InChI is InChI=1S/C11H20N2O2.ClH/c1-8(2)13(9-3-4-9)11(14)10-7-12-5-6-15-10;/h8-10,12H,3-7H2,1-2H3;1H. The lowest BCUT2D eigenvalue weighted by Crippen LogP contribution is -2.52. The summed E-state index contributed by atoms with van der Waals surface area (Å²) in [6.45, 7) is 6.32. The van der Waals surface area contributed by atoms with Crippen LogP contribution in [0.3, 0.4) is 0 Å². The normalized spacial score (nSPS) is 25.1. The average Bonchev–Trinajstić information content (AvgIpc) is 3.03. The number of morpholine rings is 1. The van der Waals surface area contributed by atoms with E-state index in [2.05, 4.69) is 19.2 Å². The van der Waals surface area contributed by atoms with Crippen LogP contribution in [0.15, 0.2) is 0 Å². The van der Waals surface area contributed by atoms with Crippen molar-refractivity contribution in [2.24, 2.45) is 0 Å². The Bertz CT molecular complexity index is 236. The molecule has 16 heavy (non-hydrogen) atoms. The fourth-order valence-electron chi connectivity index (χ4n) is 2.10. The summed E-state index contributed by atoms with van der Waals surface area (Å²) >= 11 is 0. The third-order valence-electron chi connectivity index (χ3n) is 2.95. The molecule has 4 nitrogen and oxygen atoms in total. The number of hydrogen-bond acceptors (Lipinski definition) is 3. The zero-order valence-corrected chi connectivity index (χ0v) is 10.8. The lowest BCUT2D eigenvalue weighted by molar-refractivity contribution is -0.147. The predicted molar refractivity (Wildman–Crippen MR) is 64.9 cm³/mol. The quantitative estimate of drug-likeness (QED) is 0.803. The van der Waals surface area contributed by atoms with Crippen molar-refractivity contribution in [3.05, 3.63) is 0 Å². The van der Waals surface area contributed by atoms with Gasteiger partial charge in [-0.2, -0.15) is 0 Å². The van der Waals surface area contributed by atoms with Crippen molar-refractivity contribution in [1.29, 1.82) is 0 Å². The second-order valence-electron chi connectivity index (χ2n) is 4.63. The first kappa shape index (κ1) is 13.7. The molecule has 0 spiro atoms. The van der Waals surface area contributed by atoms with Crippen molar-refractivity contribution in [2.75, 3.05) is 19.7 Å². The van der Waals surface area contributed by atoms with Gasteiger partial charge < -0.3 is 15.0 Å². The molecule has 5 heteroatoms. The van der Waals surface area contributed by atoms with Crippen molar-refractivity contribution in [2.45, 2.75) is 44.9 Å². The van der Waals surface area contributed by atoms with Gasteiger partial charge in [-0.25, -0.2) is 0 Å². The van der Waals surface area contributed by atoms with Crippen LogP contribution in [0.2, 0.25) is 0 Å². The average molecular weight is 249 g/mol. The van der Waals surface area contributed by atoms with Gasteiger partial charge in [0.2, 0.25) is 0 Å². The Hall–Kier alpha value is -0.320. The van der Waals surface area contributed by atoms with E-state index in [4.69, 9.17) is 4.74 Å². The van der Waals surface area contributed by atoms with Crippen LogP contribution in [0, 0.1) is 0 Å². The predicted octanol–water partition coefficient (Wildman–Crippen LogP) is 0.796. The number of rotatable bonds is 3. The fourth-order valence-corrected chi connectivity index (χ4v) is 2.10. The molecular formula is C11H21ClN2O2. The lowest BCUT2D eigenvalue weighted by Gasteiger charge is -2.32. The summed E-state index contributed by atoms with van der Waals surface area (Å²) in [5.74, 6) is 0.166. The summed E-state index contributed by atoms with van der Waals surface area (Å²) in [7, 11) is 0. The van der Waals surface area contributed by atoms with Gasteiger partial charge >= 0.3 is 0 Å². The Kier molecular flexibility index (Phi) is 5.02. The van der Waals surface area contributed by atoms with Gasteiger partial charge in [0.15, 0.2) is 0 Å². The van der Waals surface area contributed by atoms with Crippen LogP contribution in [0.5, 0.6) is 0 Å². The van der Waals surface area contributed by atoms with Crippen LogP contribution in [0.1, 0.15) is 26.7 Å². The minimum Gasteiger partial charge on any atom is -0.366 e. The fraction of sp³-hybridized carbons (Fsp3) is 0.909. The number of carbonyl (C=O) groups is 1. The molecule has 2 rings (SSSR count). The van der Waals surface area contributed by atoms with Gasteiger partial charge in [0.05, 0.1) is 6.61 Å². The van der Waals surface area contributed by atoms with Crippen LogP contribution >= 0.6 is 12.4 Å². The van der Waals surface area contributed by atoms with E-state index in [1.165, 1.54) is 0 Å². The van der Waals surface area contributed by atoms with Crippen molar-refractivity contribution in [3.8, 4) is 0 Å². The Labute approximate surface area is 103 Å². The van der Waals surface area contributed by atoms with Crippen molar-refractivity contribution in [3.63, 3.8) is 0 Å². The van der Waals surface area contributed by atoms with Gasteiger partial charge in [-0.05, 0) is 26.7 Å². The van der Waals surface area contributed by atoms with Gasteiger partial charge in [-0.3, -0.25) is 4.79 Å². The Balaban J connectivity index is 0.00000128. The zero-order valence-electron chi connectivity index (χ0n) is 9.94. The number of halogens is 1. The smallest absolute Gasteiger partial charge is 0.253 e. The monoisotopic (exact) mass is 248 g/mol. The highest BCUT2D eigenvalue weighted by atomic mass is 35.5. The molecule has 2 aliphatic rings. The van der Waals surface area contributed by atoms with Gasteiger partial charge in [0.25, 0.3) is 5.91 Å². The Morgan fingerprint density at radius 2 is 2.12 bits per heavy atom. The molecule has 2 fully saturated rings. The largest absolute Gasteiger partial charge is 0.366 e. The van der Waals surface area contributed by atoms with Crippen LogP contribution < -0.4 is 5.32 Å². The second kappa shape index (κ2) is 5.84. The minimum absolute atomic E-state index is 0. The summed E-state index contributed by atoms with van der Waals surface area (Å²) < 4.78 is 5.50. The number of carbonyl (C=O) groups excluding carboxylic acids is 1. The molecule has 0 aromatic rings. The van der Waals surface area contributed by atoms with Crippen LogP contribution in [0.25, 0.3) is 0 Å². The summed E-state index contributed by atoms with van der Waals surface area (Å²) in [4.78, 5) is 14.2. The Morgan fingerprint density at radius 1 is 1.44 bits per heavy atom. The van der Waals surface area contributed by atoms with Crippen LogP contribution in [0.4, 0.5) is 0 Å². The third kappa shape index (κ3) is 3.09. The van der Waals surface area contributed by atoms with E-state index in [9.17, 15) is 4.79 Å². The van der Waals surface area contributed by atoms with Gasteiger partial charge in [0.1, 0.15) is 6.10 Å². The van der Waals surface area contributed by atoms with E-state index < -0.39 is 0 Å². The van der Waals surface area contributed by atoms with E-state index in [0.717, 1.165) is 19.4 Å². The molecule has 1 amide bonds. The number of nitrogens with one attached hydrogen (secondary N) is 1. The topological polar surface area (TPSA) is 41.6 Å². The summed E-state index contributed by atoms with van der Waals surface area (Å²) in [5.41, 5.74) is 0. The number of hydrogen-bond donors (Lipinski definition) is 1. The third-order valence-corrected chi connectivity index (χ3v) is 2.95. The molecule has 1 unspecified atom stereocenters. The minimum atomic E-state index is -0.262. The molecule has 0 aromatic carbocycles. The first-order chi connectivity index (χ1) is 7.20. The number of amides is 1. The van der Waals surface area contributed by atoms with Gasteiger partial charge in [-0.15, -0.1) is 12.4 Å². The van der Waals surface area contributed by atoms with E-state index in [1.807, 2.05) is 4.90 Å².